The first-order valence-electron chi connectivity index (χ1n) is 6.24. The number of likely N-dealkylation sites (tertiary alicyclic amines) is 1. The maximum Gasteiger partial charge on any atom is 0.326 e. The minimum atomic E-state index is -1.79. The van der Waals surface area contributed by atoms with E-state index >= 15 is 0 Å². The average molecular weight is 303 g/mol. The second-order valence-corrected chi connectivity index (χ2v) is 4.73. The highest BCUT2D eigenvalue weighted by molar-refractivity contribution is 5.97. The first kappa shape index (κ1) is 15.1. The van der Waals surface area contributed by atoms with Crippen LogP contribution in [0.2, 0.25) is 0 Å². The predicted molar refractivity (Wildman–Crippen MR) is 64.3 cm³/mol. The fourth-order valence-corrected chi connectivity index (χ4v) is 2.33. The summed E-state index contributed by atoms with van der Waals surface area (Å²) in [6.07, 6.45) is 1.30. The van der Waals surface area contributed by atoms with E-state index in [4.69, 9.17) is 10.2 Å². The van der Waals surface area contributed by atoms with Gasteiger partial charge in [-0.05, 0) is 25.3 Å². The number of nitrogens with zero attached hydrogens (tertiary/aromatic N) is 1. The molecule has 1 amide bonds. The van der Waals surface area contributed by atoms with E-state index in [0.717, 1.165) is 4.90 Å². The lowest BCUT2D eigenvalue weighted by Gasteiger charge is -2.33. The van der Waals surface area contributed by atoms with Crippen molar-refractivity contribution in [1.82, 2.24) is 4.90 Å². The van der Waals surface area contributed by atoms with Crippen molar-refractivity contribution in [2.45, 2.75) is 25.3 Å². The van der Waals surface area contributed by atoms with Crippen molar-refractivity contribution in [1.29, 1.82) is 0 Å². The minimum Gasteiger partial charge on any atom is -0.503 e. The van der Waals surface area contributed by atoms with Crippen LogP contribution in [-0.4, -0.2) is 39.6 Å². The van der Waals surface area contributed by atoms with Crippen LogP contribution >= 0.6 is 0 Å². The molecule has 0 spiro atoms. The Labute approximate surface area is 117 Å². The van der Waals surface area contributed by atoms with Gasteiger partial charge in [0.25, 0.3) is 5.91 Å². The number of carbonyl (C=O) groups is 2. The van der Waals surface area contributed by atoms with Gasteiger partial charge in [-0.25, -0.2) is 13.6 Å². The quantitative estimate of drug-likeness (QED) is 0.818. The molecule has 1 aromatic carbocycles. The van der Waals surface area contributed by atoms with Crippen molar-refractivity contribution in [3.05, 3.63) is 29.1 Å². The monoisotopic (exact) mass is 303 g/mol. The van der Waals surface area contributed by atoms with Crippen LogP contribution < -0.4 is 0 Å². The Kier molecular flexibility index (Phi) is 4.06. The molecule has 1 aromatic rings. The molecule has 1 fully saturated rings. The van der Waals surface area contributed by atoms with E-state index in [-0.39, 0.29) is 13.0 Å². The van der Waals surface area contributed by atoms with Gasteiger partial charge in [-0.15, -0.1) is 0 Å². The van der Waals surface area contributed by atoms with Crippen molar-refractivity contribution in [3.8, 4) is 5.75 Å². The number of rotatable bonds is 2. The number of hydrogen-bond acceptors (Lipinski definition) is 3. The number of amides is 1. The number of carboxylic acids is 1. The highest BCUT2D eigenvalue weighted by Gasteiger charge is 2.35. The second kappa shape index (κ2) is 5.63. The molecule has 0 radical (unpaired) electrons. The molecule has 1 unspecified atom stereocenters. The molecule has 2 N–H and O–H groups in total. The summed E-state index contributed by atoms with van der Waals surface area (Å²) in [7, 11) is 0. The van der Waals surface area contributed by atoms with E-state index in [2.05, 4.69) is 0 Å². The smallest absolute Gasteiger partial charge is 0.326 e. The van der Waals surface area contributed by atoms with Gasteiger partial charge in [0.15, 0.2) is 17.4 Å². The Bertz CT molecular complexity index is 606. The molecular weight excluding hydrogens is 291 g/mol. The van der Waals surface area contributed by atoms with E-state index < -0.39 is 46.7 Å². The number of hydrogen-bond donors (Lipinski definition) is 2. The van der Waals surface area contributed by atoms with E-state index in [1.165, 1.54) is 0 Å². The normalized spacial score (nSPS) is 18.6. The van der Waals surface area contributed by atoms with Crippen molar-refractivity contribution in [2.24, 2.45) is 0 Å². The van der Waals surface area contributed by atoms with Crippen LogP contribution in [-0.2, 0) is 4.79 Å². The fourth-order valence-electron chi connectivity index (χ4n) is 2.33. The lowest BCUT2D eigenvalue weighted by molar-refractivity contribution is -0.143. The van der Waals surface area contributed by atoms with Gasteiger partial charge >= 0.3 is 5.97 Å². The van der Waals surface area contributed by atoms with Crippen molar-refractivity contribution >= 4 is 11.9 Å². The number of piperidine rings is 1. The topological polar surface area (TPSA) is 77.8 Å². The van der Waals surface area contributed by atoms with Crippen LogP contribution in [0.25, 0.3) is 0 Å². The first-order chi connectivity index (χ1) is 9.84. The fraction of sp³-hybridized carbons (Fsp3) is 0.385. The molecule has 0 saturated carbocycles. The van der Waals surface area contributed by atoms with Gasteiger partial charge in [0.05, 0.1) is 5.56 Å². The number of benzene rings is 1. The Balaban J connectivity index is 2.42. The molecule has 0 aliphatic carbocycles. The third-order valence-electron chi connectivity index (χ3n) is 3.41. The standard InChI is InChI=1S/C13H12F3NO4/c14-7-5-6(9(15)11(18)10(7)16)12(19)17-4-2-1-3-8(17)13(20)21/h5,8,18H,1-4H2,(H,20,21). The maximum atomic E-state index is 13.7. The third-order valence-corrected chi connectivity index (χ3v) is 3.41. The summed E-state index contributed by atoms with van der Waals surface area (Å²) in [5, 5.41) is 18.2. The molecule has 1 saturated heterocycles. The molecule has 21 heavy (non-hydrogen) atoms. The zero-order chi connectivity index (χ0) is 15.7. The summed E-state index contributed by atoms with van der Waals surface area (Å²) in [4.78, 5) is 24.2. The van der Waals surface area contributed by atoms with Crippen molar-refractivity contribution in [3.63, 3.8) is 0 Å². The Morgan fingerprint density at radius 3 is 2.48 bits per heavy atom. The summed E-state index contributed by atoms with van der Waals surface area (Å²) in [5.74, 6) is -8.92. The van der Waals surface area contributed by atoms with Crippen LogP contribution in [0.4, 0.5) is 13.2 Å². The van der Waals surface area contributed by atoms with Gasteiger partial charge in [-0.1, -0.05) is 0 Å². The molecule has 1 heterocycles. The van der Waals surface area contributed by atoms with E-state index in [0.29, 0.717) is 18.9 Å². The van der Waals surface area contributed by atoms with Gasteiger partial charge in [-0.2, -0.15) is 4.39 Å². The number of carbonyl (C=O) groups excluding carboxylic acids is 1. The molecular formula is C13H12F3NO4. The van der Waals surface area contributed by atoms with Crippen LogP contribution in [0, 0.1) is 17.5 Å². The number of aromatic hydroxyl groups is 1. The van der Waals surface area contributed by atoms with Gasteiger partial charge in [0.2, 0.25) is 5.82 Å². The number of phenolic OH excluding ortho intramolecular Hbond substituents is 1. The molecule has 1 aliphatic rings. The zero-order valence-corrected chi connectivity index (χ0v) is 10.8. The summed E-state index contributed by atoms with van der Waals surface area (Å²) in [5.41, 5.74) is -0.889. The molecule has 8 heteroatoms. The zero-order valence-electron chi connectivity index (χ0n) is 10.8. The maximum absolute atomic E-state index is 13.7. The first-order valence-corrected chi connectivity index (χ1v) is 6.24. The molecule has 114 valence electrons. The third kappa shape index (κ3) is 2.65. The van der Waals surface area contributed by atoms with E-state index in [9.17, 15) is 22.8 Å². The van der Waals surface area contributed by atoms with Crippen molar-refractivity contribution in [2.75, 3.05) is 6.54 Å². The van der Waals surface area contributed by atoms with Gasteiger partial charge in [-0.3, -0.25) is 4.79 Å². The van der Waals surface area contributed by atoms with Crippen LogP contribution in [0.15, 0.2) is 6.07 Å². The largest absolute Gasteiger partial charge is 0.503 e. The molecule has 1 atom stereocenters. The van der Waals surface area contributed by atoms with Crippen molar-refractivity contribution < 1.29 is 33.0 Å². The lowest BCUT2D eigenvalue weighted by atomic mass is 10.0. The Morgan fingerprint density at radius 2 is 1.86 bits per heavy atom. The molecule has 2 rings (SSSR count). The van der Waals surface area contributed by atoms with Gasteiger partial charge < -0.3 is 15.1 Å². The molecule has 1 aliphatic heterocycles. The van der Waals surface area contributed by atoms with Gasteiger partial charge in [0, 0.05) is 6.54 Å². The highest BCUT2D eigenvalue weighted by Crippen LogP contribution is 2.28. The van der Waals surface area contributed by atoms with Gasteiger partial charge in [0.1, 0.15) is 6.04 Å². The average Bonchev–Trinajstić information content (AvgIpc) is 2.48. The minimum absolute atomic E-state index is 0.0645. The number of halogens is 3. The lowest BCUT2D eigenvalue weighted by Crippen LogP contribution is -2.48. The Morgan fingerprint density at radius 1 is 1.19 bits per heavy atom. The number of aliphatic carboxylic acids is 1. The summed E-state index contributed by atoms with van der Waals surface area (Å²) >= 11 is 0. The van der Waals surface area contributed by atoms with E-state index in [1.54, 1.807) is 0 Å². The van der Waals surface area contributed by atoms with Crippen LogP contribution in [0.1, 0.15) is 29.6 Å². The van der Waals surface area contributed by atoms with Crippen LogP contribution in [0.5, 0.6) is 5.75 Å². The summed E-state index contributed by atoms with van der Waals surface area (Å²) in [6, 6.07) is -0.832. The van der Waals surface area contributed by atoms with Crippen LogP contribution in [0.3, 0.4) is 0 Å². The molecule has 5 nitrogen and oxygen atoms in total. The summed E-state index contributed by atoms with van der Waals surface area (Å²) < 4.78 is 39.9. The molecule has 0 aromatic heterocycles. The number of phenols is 1. The number of carboxylic acid groups (broad SMARTS) is 1. The second-order valence-electron chi connectivity index (χ2n) is 4.73. The Hall–Kier alpha value is -2.25. The SMILES string of the molecule is O=C(O)C1CCCCN1C(=O)c1cc(F)c(F)c(O)c1F. The summed E-state index contributed by atoms with van der Waals surface area (Å²) in [6.45, 7) is 0.0645. The predicted octanol–water partition coefficient (Wildman–Crippen LogP) is 1.89. The molecule has 0 bridgehead atoms. The van der Waals surface area contributed by atoms with E-state index in [1.807, 2.05) is 0 Å². The highest BCUT2D eigenvalue weighted by atomic mass is 19.2.